The van der Waals surface area contributed by atoms with E-state index in [9.17, 15) is 30.6 Å². The van der Waals surface area contributed by atoms with Crippen LogP contribution in [0.1, 0.15) is 6.92 Å². The van der Waals surface area contributed by atoms with E-state index in [0.717, 1.165) is 0 Å². The van der Waals surface area contributed by atoms with E-state index in [1.165, 1.54) is 7.11 Å². The summed E-state index contributed by atoms with van der Waals surface area (Å²) < 4.78 is 21.4. The van der Waals surface area contributed by atoms with Crippen LogP contribution >= 0.6 is 0 Å². The molecule has 5 unspecified atom stereocenters. The molecule has 0 radical (unpaired) electrons. The highest BCUT2D eigenvalue weighted by molar-refractivity contribution is 4.93. The summed E-state index contributed by atoms with van der Waals surface area (Å²) in [5, 5.41) is 58.6. The number of methoxy groups -OCH3 is 1. The molecule has 10 atom stereocenters. The SMILES string of the molecule is COC1OC(CO)[C@@H](O[C@@H]2OC(CO)[C@H](O)[C@H](O)C2O)[C@H](O)C1C. The molecule has 0 aromatic rings. The lowest BCUT2D eigenvalue weighted by Crippen LogP contribution is -2.63. The minimum atomic E-state index is -1.61. The highest BCUT2D eigenvalue weighted by Crippen LogP contribution is 2.31. The fourth-order valence-electron chi connectivity index (χ4n) is 2.97. The number of hydrogen-bond acceptors (Lipinski definition) is 10. The summed E-state index contributed by atoms with van der Waals surface area (Å²) in [6.45, 7) is 0.585. The van der Waals surface area contributed by atoms with Gasteiger partial charge in [-0.2, -0.15) is 0 Å². The molecule has 0 saturated carbocycles. The van der Waals surface area contributed by atoms with Gasteiger partial charge in [-0.3, -0.25) is 0 Å². The molecule has 24 heavy (non-hydrogen) atoms. The van der Waals surface area contributed by atoms with Crippen molar-refractivity contribution in [3.8, 4) is 0 Å². The summed E-state index contributed by atoms with van der Waals surface area (Å²) in [4.78, 5) is 0. The highest BCUT2D eigenvalue weighted by Gasteiger charge is 2.49. The van der Waals surface area contributed by atoms with Gasteiger partial charge in [-0.15, -0.1) is 0 Å². The van der Waals surface area contributed by atoms with Crippen LogP contribution in [-0.4, -0.2) is 106 Å². The van der Waals surface area contributed by atoms with Crippen molar-refractivity contribution in [2.75, 3.05) is 20.3 Å². The van der Waals surface area contributed by atoms with E-state index in [4.69, 9.17) is 18.9 Å². The van der Waals surface area contributed by atoms with Gasteiger partial charge >= 0.3 is 0 Å². The van der Waals surface area contributed by atoms with Gasteiger partial charge in [0.25, 0.3) is 0 Å². The Balaban J connectivity index is 2.12. The Morgan fingerprint density at radius 3 is 1.92 bits per heavy atom. The molecule has 0 spiro atoms. The first-order valence-electron chi connectivity index (χ1n) is 7.78. The van der Waals surface area contributed by atoms with Gasteiger partial charge in [-0.1, -0.05) is 6.92 Å². The number of rotatable bonds is 5. The Labute approximate surface area is 139 Å². The maximum absolute atomic E-state index is 10.4. The third-order valence-corrected chi connectivity index (χ3v) is 4.53. The Bertz CT molecular complexity index is 392. The smallest absolute Gasteiger partial charge is 0.187 e. The Hall–Kier alpha value is -0.400. The van der Waals surface area contributed by atoms with Gasteiger partial charge in [0, 0.05) is 13.0 Å². The molecule has 0 aromatic heterocycles. The third-order valence-electron chi connectivity index (χ3n) is 4.53. The molecule has 10 nitrogen and oxygen atoms in total. The van der Waals surface area contributed by atoms with Crippen LogP contribution in [0.4, 0.5) is 0 Å². The average Bonchev–Trinajstić information content (AvgIpc) is 2.59. The molecule has 10 heteroatoms. The first kappa shape index (κ1) is 19.9. The molecule has 6 N–H and O–H groups in total. The fraction of sp³-hybridized carbons (Fsp3) is 1.00. The van der Waals surface area contributed by atoms with E-state index in [1.807, 2.05) is 0 Å². The monoisotopic (exact) mass is 354 g/mol. The van der Waals surface area contributed by atoms with Crippen molar-refractivity contribution in [3.63, 3.8) is 0 Å². The van der Waals surface area contributed by atoms with E-state index in [2.05, 4.69) is 0 Å². The van der Waals surface area contributed by atoms with Crippen LogP contribution in [0.3, 0.4) is 0 Å². The highest BCUT2D eigenvalue weighted by atomic mass is 16.7. The molecule has 0 bridgehead atoms. The minimum Gasteiger partial charge on any atom is -0.394 e. The van der Waals surface area contributed by atoms with Crippen LogP contribution in [0.15, 0.2) is 0 Å². The van der Waals surface area contributed by atoms with Crippen LogP contribution < -0.4 is 0 Å². The molecule has 0 amide bonds. The van der Waals surface area contributed by atoms with Crippen molar-refractivity contribution in [1.29, 1.82) is 0 Å². The first-order valence-corrected chi connectivity index (χ1v) is 7.78. The Morgan fingerprint density at radius 2 is 1.38 bits per heavy atom. The molecule has 0 aliphatic carbocycles. The number of ether oxygens (including phenoxy) is 4. The molecule has 2 fully saturated rings. The second-order valence-electron chi connectivity index (χ2n) is 6.11. The molecule has 2 aliphatic rings. The van der Waals surface area contributed by atoms with E-state index >= 15 is 0 Å². The second-order valence-corrected chi connectivity index (χ2v) is 6.11. The third kappa shape index (κ3) is 3.73. The van der Waals surface area contributed by atoms with Crippen LogP contribution in [0.5, 0.6) is 0 Å². The minimum absolute atomic E-state index is 0.480. The van der Waals surface area contributed by atoms with Crippen LogP contribution in [0, 0.1) is 5.92 Å². The van der Waals surface area contributed by atoms with Gasteiger partial charge in [0.05, 0.1) is 19.3 Å². The van der Waals surface area contributed by atoms with E-state index in [1.54, 1.807) is 6.92 Å². The Kier molecular flexibility index (Phi) is 6.90. The lowest BCUT2D eigenvalue weighted by molar-refractivity contribution is -0.351. The summed E-state index contributed by atoms with van der Waals surface area (Å²) in [6, 6.07) is 0. The molecule has 2 aliphatic heterocycles. The maximum atomic E-state index is 10.4. The summed E-state index contributed by atoms with van der Waals surface area (Å²) in [6.07, 6.45) is -11.1. The van der Waals surface area contributed by atoms with Crippen LogP contribution in [0.2, 0.25) is 0 Å². The molecule has 2 saturated heterocycles. The van der Waals surface area contributed by atoms with Crippen molar-refractivity contribution in [3.05, 3.63) is 0 Å². The lowest BCUT2D eigenvalue weighted by atomic mass is 9.92. The predicted octanol–water partition coefficient (Wildman–Crippen LogP) is -3.47. The van der Waals surface area contributed by atoms with Gasteiger partial charge < -0.3 is 49.6 Å². The topological polar surface area (TPSA) is 158 Å². The largest absolute Gasteiger partial charge is 0.394 e. The van der Waals surface area contributed by atoms with Crippen molar-refractivity contribution < 1.29 is 49.6 Å². The molecule has 0 aromatic carbocycles. The van der Waals surface area contributed by atoms with Crippen molar-refractivity contribution >= 4 is 0 Å². The number of hydrogen-bond donors (Lipinski definition) is 6. The predicted molar refractivity (Wildman–Crippen MR) is 76.6 cm³/mol. The molecular formula is C14H26O10. The molecule has 2 heterocycles. The Morgan fingerprint density at radius 1 is 0.792 bits per heavy atom. The molecular weight excluding hydrogens is 328 g/mol. The van der Waals surface area contributed by atoms with E-state index < -0.39 is 74.4 Å². The van der Waals surface area contributed by atoms with Crippen molar-refractivity contribution in [2.45, 2.75) is 62.2 Å². The quantitative estimate of drug-likeness (QED) is 0.293. The lowest BCUT2D eigenvalue weighted by Gasteiger charge is -2.46. The summed E-state index contributed by atoms with van der Waals surface area (Å²) in [7, 11) is 1.40. The maximum Gasteiger partial charge on any atom is 0.187 e. The van der Waals surface area contributed by atoms with E-state index in [0.29, 0.717) is 0 Å². The first-order chi connectivity index (χ1) is 11.3. The second kappa shape index (κ2) is 8.32. The molecule has 2 rings (SSSR count). The summed E-state index contributed by atoms with van der Waals surface area (Å²) >= 11 is 0. The molecule has 142 valence electrons. The fourth-order valence-corrected chi connectivity index (χ4v) is 2.97. The summed E-state index contributed by atoms with van der Waals surface area (Å²) in [5.74, 6) is -0.493. The van der Waals surface area contributed by atoms with E-state index in [-0.39, 0.29) is 0 Å². The van der Waals surface area contributed by atoms with Crippen molar-refractivity contribution in [1.82, 2.24) is 0 Å². The summed E-state index contributed by atoms with van der Waals surface area (Å²) in [5.41, 5.74) is 0. The normalized spacial score (nSPS) is 50.0. The van der Waals surface area contributed by atoms with Gasteiger partial charge in [0.15, 0.2) is 12.6 Å². The van der Waals surface area contributed by atoms with Gasteiger partial charge in [0.1, 0.15) is 36.6 Å². The van der Waals surface area contributed by atoms with Crippen molar-refractivity contribution in [2.24, 2.45) is 5.92 Å². The van der Waals surface area contributed by atoms with Crippen LogP contribution in [-0.2, 0) is 18.9 Å². The van der Waals surface area contributed by atoms with Gasteiger partial charge in [-0.05, 0) is 0 Å². The zero-order valence-electron chi connectivity index (χ0n) is 13.5. The zero-order chi connectivity index (χ0) is 18.0. The van der Waals surface area contributed by atoms with Gasteiger partial charge in [0.2, 0.25) is 0 Å². The standard InChI is InChI=1S/C14H26O10/c1-5-8(17)12(7(4-16)23-13(5)21-2)24-14-11(20)10(19)9(18)6(3-15)22-14/h5-20H,3-4H2,1-2H3/t5?,6?,7?,8-,9+,10+,11?,12-,13?,14+/m1/s1. The van der Waals surface area contributed by atoms with Gasteiger partial charge in [-0.25, -0.2) is 0 Å². The number of aliphatic hydroxyl groups is 6. The average molecular weight is 354 g/mol. The van der Waals surface area contributed by atoms with Crippen LogP contribution in [0.25, 0.3) is 0 Å². The number of aliphatic hydroxyl groups excluding tert-OH is 6. The zero-order valence-corrected chi connectivity index (χ0v) is 13.5.